The molecule has 0 saturated heterocycles. The van der Waals surface area contributed by atoms with Gasteiger partial charge in [0.05, 0.1) is 28.9 Å². The van der Waals surface area contributed by atoms with Crippen LogP contribution in [0.5, 0.6) is 11.8 Å². The maximum atomic E-state index is 9.18. The van der Waals surface area contributed by atoms with Gasteiger partial charge in [-0.3, -0.25) is 4.90 Å². The predicted octanol–water partition coefficient (Wildman–Crippen LogP) is 6.10. The molecule has 0 N–H and O–H groups in total. The third-order valence-electron chi connectivity index (χ3n) is 4.53. The second kappa shape index (κ2) is 10.2. The number of hydrogen-bond acceptors (Lipinski definition) is 8. The molecular weight excluding hydrogens is 452 g/mol. The minimum Gasteiger partial charge on any atom is -0.494 e. The van der Waals surface area contributed by atoms with Crippen LogP contribution < -0.4 is 9.64 Å². The quantitative estimate of drug-likeness (QED) is 0.394. The highest BCUT2D eigenvalue weighted by atomic mass is 35.5. The largest absolute Gasteiger partial charge is 0.494 e. The van der Waals surface area contributed by atoms with Gasteiger partial charge >= 0.3 is 6.01 Å². The summed E-state index contributed by atoms with van der Waals surface area (Å²) in [6, 6.07) is 14.5. The predicted molar refractivity (Wildman–Crippen MR) is 129 cm³/mol. The van der Waals surface area contributed by atoms with Crippen LogP contribution in [0.2, 0.25) is 5.15 Å². The number of halogens is 1. The van der Waals surface area contributed by atoms with Crippen molar-refractivity contribution < 1.29 is 9.47 Å². The van der Waals surface area contributed by atoms with Crippen molar-refractivity contribution in [3.05, 3.63) is 76.3 Å². The van der Waals surface area contributed by atoms with Crippen molar-refractivity contribution in [1.29, 1.82) is 10.5 Å². The van der Waals surface area contributed by atoms with Crippen LogP contribution >= 0.6 is 11.6 Å². The molecule has 0 aliphatic carbocycles. The molecule has 0 bridgehead atoms. The topological polar surface area (TPSA) is 108 Å². The average molecular weight is 475 g/mol. The fourth-order valence-electron chi connectivity index (χ4n) is 3.02. The number of aromatic nitrogens is 3. The molecule has 34 heavy (non-hydrogen) atoms. The summed E-state index contributed by atoms with van der Waals surface area (Å²) in [4.78, 5) is 6.15. The number of benzene rings is 2. The lowest BCUT2D eigenvalue weighted by Gasteiger charge is -2.22. The van der Waals surface area contributed by atoms with E-state index in [0.717, 1.165) is 11.1 Å². The molecular formula is C25H23ClN6O2. The zero-order valence-corrected chi connectivity index (χ0v) is 20.3. The Hall–Kier alpha value is -4.14. The summed E-state index contributed by atoms with van der Waals surface area (Å²) in [7, 11) is 0. The van der Waals surface area contributed by atoms with E-state index >= 15 is 0 Å². The zero-order chi connectivity index (χ0) is 24.9. The number of anilines is 2. The third-order valence-corrected chi connectivity index (χ3v) is 4.77. The lowest BCUT2D eigenvalue weighted by atomic mass is 10.1. The first-order valence-electron chi connectivity index (χ1n) is 10.3. The van der Waals surface area contributed by atoms with Crippen LogP contribution in [0.25, 0.3) is 0 Å². The van der Waals surface area contributed by atoms with Gasteiger partial charge in [-0.1, -0.05) is 16.7 Å². The highest BCUT2D eigenvalue weighted by Gasteiger charge is 2.19. The molecule has 0 aliphatic heterocycles. The average Bonchev–Trinajstić information content (AvgIpc) is 2.79. The summed E-state index contributed by atoms with van der Waals surface area (Å²) < 4.78 is 11.7. The second-order valence-corrected chi connectivity index (χ2v) is 8.76. The lowest BCUT2D eigenvalue weighted by Crippen LogP contribution is -2.17. The lowest BCUT2D eigenvalue weighted by molar-refractivity contribution is 0.0763. The number of aryl methyl sites for hydroxylation is 2. The van der Waals surface area contributed by atoms with E-state index in [9.17, 15) is 5.26 Å². The van der Waals surface area contributed by atoms with E-state index in [2.05, 4.69) is 27.3 Å². The van der Waals surface area contributed by atoms with Gasteiger partial charge in [-0.15, -0.1) is 5.10 Å². The van der Waals surface area contributed by atoms with Crippen LogP contribution in [0.15, 0.2) is 48.9 Å². The van der Waals surface area contributed by atoms with Crippen LogP contribution in [-0.4, -0.2) is 20.8 Å². The smallest absolute Gasteiger partial charge is 0.343 e. The van der Waals surface area contributed by atoms with Gasteiger partial charge in [0.25, 0.3) is 0 Å². The van der Waals surface area contributed by atoms with E-state index in [4.69, 9.17) is 26.3 Å². The SMILES string of the molecule is Cc1cc(C#N)cc(C)c1Oc1nnc(Cl)c(N(C=COC(C)(C)C)c2ccc(C#N)cc2)n1. The molecule has 0 unspecified atom stereocenters. The Kier molecular flexibility index (Phi) is 7.35. The van der Waals surface area contributed by atoms with Crippen LogP contribution in [0.4, 0.5) is 11.5 Å². The molecule has 172 valence electrons. The molecule has 0 atom stereocenters. The minimum absolute atomic E-state index is 0.0147. The standard InChI is InChI=1S/C25H23ClN6O2/c1-16-12-19(15-28)13-17(2)21(16)34-24-29-23(22(26)30-31-24)32(10-11-33-25(3,4)5)20-8-6-18(14-27)7-9-20/h6-13H,1-5H3. The number of ether oxygens (including phenoxy) is 2. The molecule has 8 nitrogen and oxygen atoms in total. The van der Waals surface area contributed by atoms with E-state index in [1.807, 2.05) is 34.6 Å². The van der Waals surface area contributed by atoms with Gasteiger partial charge in [0.15, 0.2) is 11.0 Å². The highest BCUT2D eigenvalue weighted by Crippen LogP contribution is 2.33. The number of rotatable bonds is 6. The fraction of sp³-hybridized carbons (Fsp3) is 0.240. The first-order chi connectivity index (χ1) is 16.1. The first-order valence-corrected chi connectivity index (χ1v) is 10.7. The van der Waals surface area contributed by atoms with Crippen molar-refractivity contribution in [1.82, 2.24) is 15.2 Å². The van der Waals surface area contributed by atoms with Crippen molar-refractivity contribution in [3.8, 4) is 23.9 Å². The summed E-state index contributed by atoms with van der Waals surface area (Å²) in [6.07, 6.45) is 3.19. The number of nitriles is 2. The molecule has 0 amide bonds. The molecule has 1 aromatic heterocycles. The Morgan fingerprint density at radius 1 is 0.971 bits per heavy atom. The van der Waals surface area contributed by atoms with Crippen molar-refractivity contribution in [2.45, 2.75) is 40.2 Å². The Bertz CT molecular complexity index is 1280. The normalized spacial score (nSPS) is 11.1. The molecule has 9 heteroatoms. The van der Waals surface area contributed by atoms with Gasteiger partial charge in [-0.2, -0.15) is 15.5 Å². The van der Waals surface area contributed by atoms with Gasteiger partial charge in [0.1, 0.15) is 12.0 Å². The Morgan fingerprint density at radius 2 is 1.59 bits per heavy atom. The fourth-order valence-corrected chi connectivity index (χ4v) is 3.20. The van der Waals surface area contributed by atoms with Crippen LogP contribution in [-0.2, 0) is 4.74 Å². The summed E-state index contributed by atoms with van der Waals surface area (Å²) >= 11 is 6.38. The highest BCUT2D eigenvalue weighted by molar-refractivity contribution is 6.31. The van der Waals surface area contributed by atoms with E-state index in [1.165, 1.54) is 6.26 Å². The van der Waals surface area contributed by atoms with Gasteiger partial charge in [-0.05, 0) is 82.1 Å². The second-order valence-electron chi connectivity index (χ2n) is 8.41. The van der Waals surface area contributed by atoms with Crippen molar-refractivity contribution in [2.75, 3.05) is 4.90 Å². The van der Waals surface area contributed by atoms with E-state index < -0.39 is 5.60 Å². The van der Waals surface area contributed by atoms with Crippen LogP contribution in [0.3, 0.4) is 0 Å². The van der Waals surface area contributed by atoms with Crippen LogP contribution in [0, 0.1) is 36.5 Å². The van der Waals surface area contributed by atoms with E-state index in [0.29, 0.717) is 22.6 Å². The molecule has 0 saturated carbocycles. The van der Waals surface area contributed by atoms with Gasteiger partial charge < -0.3 is 9.47 Å². The third kappa shape index (κ3) is 6.00. The molecule has 0 aliphatic rings. The summed E-state index contributed by atoms with van der Waals surface area (Å²) in [6.45, 7) is 9.45. The molecule has 2 aromatic carbocycles. The van der Waals surface area contributed by atoms with Gasteiger partial charge in [0.2, 0.25) is 0 Å². The van der Waals surface area contributed by atoms with E-state index in [-0.39, 0.29) is 17.0 Å². The Morgan fingerprint density at radius 3 is 2.15 bits per heavy atom. The molecule has 3 rings (SSSR count). The maximum Gasteiger partial charge on any atom is 0.343 e. The maximum absolute atomic E-state index is 9.18. The molecule has 0 radical (unpaired) electrons. The van der Waals surface area contributed by atoms with Gasteiger partial charge in [0, 0.05) is 11.9 Å². The summed E-state index contributed by atoms with van der Waals surface area (Å²) in [5.41, 5.74) is 2.85. The molecule has 1 heterocycles. The summed E-state index contributed by atoms with van der Waals surface area (Å²) in [5, 5.41) is 26.3. The molecule has 0 spiro atoms. The molecule has 0 fully saturated rings. The monoisotopic (exact) mass is 474 g/mol. The van der Waals surface area contributed by atoms with Crippen LogP contribution in [0.1, 0.15) is 43.0 Å². The number of nitrogens with zero attached hydrogens (tertiary/aromatic N) is 6. The Balaban J connectivity index is 2.03. The minimum atomic E-state index is -0.403. The van der Waals surface area contributed by atoms with Crippen molar-refractivity contribution in [2.24, 2.45) is 0 Å². The number of hydrogen-bond donors (Lipinski definition) is 0. The Labute approximate surface area is 203 Å². The zero-order valence-electron chi connectivity index (χ0n) is 19.5. The van der Waals surface area contributed by atoms with Crippen molar-refractivity contribution in [3.63, 3.8) is 0 Å². The van der Waals surface area contributed by atoms with E-state index in [1.54, 1.807) is 47.5 Å². The van der Waals surface area contributed by atoms with Crippen molar-refractivity contribution >= 4 is 23.1 Å². The van der Waals surface area contributed by atoms with Gasteiger partial charge in [-0.25, -0.2) is 0 Å². The summed E-state index contributed by atoms with van der Waals surface area (Å²) in [5.74, 6) is 0.791. The first kappa shape index (κ1) is 24.5. The molecule has 3 aromatic rings.